The first-order chi connectivity index (χ1) is 14.6. The normalized spacial score (nSPS) is 21.2. The zero-order valence-corrected chi connectivity index (χ0v) is 17.7. The van der Waals surface area contributed by atoms with Crippen LogP contribution < -0.4 is 11.1 Å². The zero-order chi connectivity index (χ0) is 21.5. The van der Waals surface area contributed by atoms with Gasteiger partial charge in [-0.05, 0) is 19.3 Å². The summed E-state index contributed by atoms with van der Waals surface area (Å²) in [5.74, 6) is 0.373. The smallest absolute Gasteiger partial charge is 0.407 e. The van der Waals surface area contributed by atoms with Gasteiger partial charge in [0, 0.05) is 20.8 Å². The van der Waals surface area contributed by atoms with Crippen molar-refractivity contribution < 1.29 is 23.7 Å². The van der Waals surface area contributed by atoms with Crippen molar-refractivity contribution in [3.8, 4) is 0 Å². The number of nitrogens with zero attached hydrogens (tertiary/aromatic N) is 4. The summed E-state index contributed by atoms with van der Waals surface area (Å²) in [6.07, 6.45) is 2.65. The zero-order valence-electron chi connectivity index (χ0n) is 17.7. The summed E-state index contributed by atoms with van der Waals surface area (Å²) in [6, 6.07) is -0.164. The van der Waals surface area contributed by atoms with Crippen molar-refractivity contribution in [3.63, 3.8) is 0 Å². The third-order valence-corrected chi connectivity index (χ3v) is 5.03. The number of alkyl carbamates (subject to hydrolysis) is 1. The highest BCUT2D eigenvalue weighted by Crippen LogP contribution is 2.32. The van der Waals surface area contributed by atoms with Gasteiger partial charge >= 0.3 is 6.09 Å². The van der Waals surface area contributed by atoms with Crippen molar-refractivity contribution in [1.29, 1.82) is 0 Å². The summed E-state index contributed by atoms with van der Waals surface area (Å²) in [4.78, 5) is 20.1. The van der Waals surface area contributed by atoms with Gasteiger partial charge in [-0.1, -0.05) is 6.92 Å². The number of anilines is 1. The minimum atomic E-state index is -0.412. The van der Waals surface area contributed by atoms with Crippen LogP contribution in [0.1, 0.15) is 31.5 Å². The number of nitrogen functional groups attached to an aromatic ring is 1. The minimum absolute atomic E-state index is 0.164. The molecule has 0 bridgehead atoms. The number of hydrogen-bond acceptors (Lipinski definition) is 9. The Kier molecular flexibility index (Phi) is 7.77. The summed E-state index contributed by atoms with van der Waals surface area (Å²) in [5.41, 5.74) is 7.56. The number of nitrogens with one attached hydrogen (secondary N) is 1. The van der Waals surface area contributed by atoms with Crippen molar-refractivity contribution >= 4 is 22.9 Å². The fourth-order valence-corrected chi connectivity index (χ4v) is 3.65. The van der Waals surface area contributed by atoms with Crippen molar-refractivity contribution in [1.82, 2.24) is 25.1 Å². The number of aromatic nitrogens is 4. The van der Waals surface area contributed by atoms with Gasteiger partial charge < -0.3 is 30.0 Å². The van der Waals surface area contributed by atoms with Crippen LogP contribution in [0.3, 0.4) is 0 Å². The molecule has 1 aliphatic rings. The Balaban J connectivity index is 1.76. The number of carbonyl (C=O) groups is 1. The predicted molar refractivity (Wildman–Crippen MR) is 109 cm³/mol. The van der Waals surface area contributed by atoms with Gasteiger partial charge in [0.25, 0.3) is 0 Å². The molecular weight excluding hydrogens is 392 g/mol. The quantitative estimate of drug-likeness (QED) is 0.539. The Morgan fingerprint density at radius 3 is 2.97 bits per heavy atom. The molecule has 1 aliphatic heterocycles. The highest BCUT2D eigenvalue weighted by molar-refractivity contribution is 5.88. The Bertz CT molecular complexity index is 844. The fraction of sp³-hybridized carbons (Fsp3) is 0.684. The first-order valence-corrected chi connectivity index (χ1v) is 10.1. The molecule has 2 aromatic rings. The minimum Gasteiger partial charge on any atom is -0.450 e. The molecule has 3 N–H and O–H groups in total. The van der Waals surface area contributed by atoms with Crippen molar-refractivity contribution in [2.45, 2.75) is 44.4 Å². The lowest BCUT2D eigenvalue weighted by atomic mass is 10.1. The number of ether oxygens (including phenoxy) is 4. The monoisotopic (exact) mass is 422 g/mol. The molecule has 3 heterocycles. The van der Waals surface area contributed by atoms with Gasteiger partial charge in [-0.3, -0.25) is 0 Å². The van der Waals surface area contributed by atoms with E-state index in [1.54, 1.807) is 14.2 Å². The number of fused-ring (bicyclic) bond motifs is 1. The van der Waals surface area contributed by atoms with Crippen LogP contribution in [-0.4, -0.2) is 78.6 Å². The van der Waals surface area contributed by atoms with E-state index < -0.39 is 6.09 Å². The highest BCUT2D eigenvalue weighted by atomic mass is 16.6. The molecule has 3 atom stereocenters. The van der Waals surface area contributed by atoms with E-state index in [0.29, 0.717) is 50.7 Å². The molecule has 1 saturated heterocycles. The van der Waals surface area contributed by atoms with E-state index in [-0.39, 0.29) is 18.2 Å². The van der Waals surface area contributed by atoms with Gasteiger partial charge in [-0.2, -0.15) is 5.10 Å². The second-order valence-corrected chi connectivity index (χ2v) is 7.11. The Morgan fingerprint density at radius 1 is 1.40 bits per heavy atom. The lowest BCUT2D eigenvalue weighted by molar-refractivity contribution is -0.0296. The lowest BCUT2D eigenvalue weighted by Crippen LogP contribution is -2.33. The molecule has 0 aromatic carbocycles. The van der Waals surface area contributed by atoms with E-state index in [4.69, 9.17) is 29.8 Å². The Morgan fingerprint density at radius 2 is 2.23 bits per heavy atom. The second-order valence-electron chi connectivity index (χ2n) is 7.11. The Labute approximate surface area is 175 Å². The topological polar surface area (TPSA) is 136 Å². The summed E-state index contributed by atoms with van der Waals surface area (Å²) in [7, 11) is 3.28. The lowest BCUT2D eigenvalue weighted by Gasteiger charge is -2.21. The van der Waals surface area contributed by atoms with Gasteiger partial charge in [-0.25, -0.2) is 19.4 Å². The molecule has 11 nitrogen and oxygen atoms in total. The summed E-state index contributed by atoms with van der Waals surface area (Å²) in [5, 5.41) is 8.24. The van der Waals surface area contributed by atoms with E-state index in [2.05, 4.69) is 15.3 Å². The molecule has 1 fully saturated rings. The maximum absolute atomic E-state index is 11.6. The highest BCUT2D eigenvalue weighted by Gasteiger charge is 2.40. The summed E-state index contributed by atoms with van der Waals surface area (Å²) >= 11 is 0. The van der Waals surface area contributed by atoms with Crippen LogP contribution in [0.2, 0.25) is 0 Å². The molecule has 2 aromatic heterocycles. The first kappa shape index (κ1) is 22.2. The van der Waals surface area contributed by atoms with Gasteiger partial charge in [-0.15, -0.1) is 0 Å². The number of hydrogen-bond donors (Lipinski definition) is 2. The van der Waals surface area contributed by atoms with Gasteiger partial charge in [0.2, 0.25) is 0 Å². The van der Waals surface area contributed by atoms with Gasteiger partial charge in [0.15, 0.2) is 5.65 Å². The molecule has 0 aliphatic carbocycles. The molecule has 0 spiro atoms. The van der Waals surface area contributed by atoms with Crippen LogP contribution in [0, 0.1) is 0 Å². The van der Waals surface area contributed by atoms with Crippen LogP contribution in [0.4, 0.5) is 10.6 Å². The Hall–Kier alpha value is -2.50. The fourth-order valence-electron chi connectivity index (χ4n) is 3.65. The first-order valence-electron chi connectivity index (χ1n) is 10.1. The largest absolute Gasteiger partial charge is 0.450 e. The van der Waals surface area contributed by atoms with Crippen LogP contribution in [0.15, 0.2) is 6.33 Å². The molecular formula is C19H30N6O5. The second kappa shape index (κ2) is 10.5. The third-order valence-electron chi connectivity index (χ3n) is 5.03. The molecule has 3 unspecified atom stereocenters. The number of carbonyl (C=O) groups excluding carboxylic acids is 1. The third kappa shape index (κ3) is 4.79. The number of aryl methyl sites for hydroxylation is 1. The van der Waals surface area contributed by atoms with E-state index in [0.717, 1.165) is 17.5 Å². The number of methoxy groups -OCH3 is 2. The average Bonchev–Trinajstić information content (AvgIpc) is 3.31. The molecule has 30 heavy (non-hydrogen) atoms. The van der Waals surface area contributed by atoms with Crippen LogP contribution in [-0.2, 0) is 25.4 Å². The summed E-state index contributed by atoms with van der Waals surface area (Å²) < 4.78 is 23.6. The average molecular weight is 422 g/mol. The molecule has 3 rings (SSSR count). The standard InChI is InChI=1S/C19H30N6O5/c1-4-8-29-19(26)21-7-5-6-12-15-17(20)22-11-23-18(15)25(24-12)13-9-30-14(10-27-2)16(13)28-3/h11,13-14,16H,4-10H2,1-3H3,(H,21,26)(H2,20,22,23). The van der Waals surface area contributed by atoms with Crippen molar-refractivity contribution in [2.24, 2.45) is 0 Å². The van der Waals surface area contributed by atoms with Crippen LogP contribution in [0.5, 0.6) is 0 Å². The predicted octanol–water partition coefficient (Wildman–Crippen LogP) is 1.08. The van der Waals surface area contributed by atoms with Crippen molar-refractivity contribution in [3.05, 3.63) is 12.0 Å². The maximum atomic E-state index is 11.6. The number of nitrogens with two attached hydrogens (primary N) is 1. The number of rotatable bonds is 10. The molecule has 166 valence electrons. The van der Waals surface area contributed by atoms with E-state index in [9.17, 15) is 4.79 Å². The van der Waals surface area contributed by atoms with Gasteiger partial charge in [0.1, 0.15) is 30.4 Å². The molecule has 1 amide bonds. The maximum Gasteiger partial charge on any atom is 0.407 e. The molecule has 0 saturated carbocycles. The van der Waals surface area contributed by atoms with Crippen molar-refractivity contribution in [2.75, 3.05) is 46.3 Å². The van der Waals surface area contributed by atoms with E-state index in [1.165, 1.54) is 6.33 Å². The van der Waals surface area contributed by atoms with Crippen LogP contribution in [0.25, 0.3) is 11.0 Å². The van der Waals surface area contributed by atoms with E-state index in [1.807, 2.05) is 11.6 Å². The van der Waals surface area contributed by atoms with E-state index >= 15 is 0 Å². The molecule has 0 radical (unpaired) electrons. The number of amides is 1. The van der Waals surface area contributed by atoms with Crippen LogP contribution >= 0.6 is 0 Å². The molecule has 11 heteroatoms. The summed E-state index contributed by atoms with van der Waals surface area (Å²) in [6.45, 7) is 3.67. The van der Waals surface area contributed by atoms with Gasteiger partial charge in [0.05, 0.1) is 30.9 Å². The SMILES string of the molecule is CCCOC(=O)NCCCc1nn(C2COC(COC)C2OC)c2ncnc(N)c12.